The highest BCUT2D eigenvalue weighted by molar-refractivity contribution is 6.33. The van der Waals surface area contributed by atoms with Gasteiger partial charge in [0.1, 0.15) is 5.75 Å². The summed E-state index contributed by atoms with van der Waals surface area (Å²) in [7, 11) is 0. The normalized spacial score (nSPS) is 12.1. The minimum Gasteiger partial charge on any atom is -0.481 e. The molecule has 2 aromatic carbocycles. The van der Waals surface area contributed by atoms with Crippen LogP contribution in [0.25, 0.3) is 0 Å². The van der Waals surface area contributed by atoms with Crippen LogP contribution in [0.5, 0.6) is 5.75 Å². The van der Waals surface area contributed by atoms with Crippen molar-refractivity contribution >= 4 is 35.3 Å². The molecule has 1 amide bonds. The molecule has 0 bridgehead atoms. The van der Waals surface area contributed by atoms with Gasteiger partial charge in [-0.15, -0.1) is 0 Å². The van der Waals surface area contributed by atoms with Gasteiger partial charge in [-0.05, 0) is 31.2 Å². The lowest BCUT2D eigenvalue weighted by molar-refractivity contribution is -0.127. The molecule has 4 nitrogen and oxygen atoms in total. The second-order valence-corrected chi connectivity index (χ2v) is 5.32. The fraction of sp³-hybridized carbons (Fsp3) is 0.125. The van der Waals surface area contributed by atoms with Crippen LogP contribution >= 0.6 is 23.2 Å². The van der Waals surface area contributed by atoms with Gasteiger partial charge in [-0.2, -0.15) is 5.10 Å². The van der Waals surface area contributed by atoms with Crippen LogP contribution < -0.4 is 10.2 Å². The van der Waals surface area contributed by atoms with E-state index in [1.807, 2.05) is 12.1 Å². The van der Waals surface area contributed by atoms with E-state index in [2.05, 4.69) is 10.5 Å². The summed E-state index contributed by atoms with van der Waals surface area (Å²) in [5, 5.41) is 4.97. The smallest absolute Gasteiger partial charge is 0.280 e. The second kappa shape index (κ2) is 7.82. The first-order chi connectivity index (χ1) is 10.6. The van der Waals surface area contributed by atoms with E-state index in [-0.39, 0.29) is 5.91 Å². The number of ether oxygens (including phenoxy) is 1. The molecule has 6 heteroatoms. The van der Waals surface area contributed by atoms with Gasteiger partial charge in [-0.1, -0.05) is 47.5 Å². The average Bonchev–Trinajstić information content (AvgIpc) is 2.49. The van der Waals surface area contributed by atoms with Crippen LogP contribution in [-0.2, 0) is 4.79 Å². The lowest BCUT2D eigenvalue weighted by atomic mass is 10.2. The summed E-state index contributed by atoms with van der Waals surface area (Å²) in [6.07, 6.45) is 0.772. The van der Waals surface area contributed by atoms with E-state index in [4.69, 9.17) is 27.9 Å². The zero-order valence-corrected chi connectivity index (χ0v) is 13.3. The Kier molecular flexibility index (Phi) is 5.81. The molecule has 1 atom stereocenters. The van der Waals surface area contributed by atoms with E-state index in [9.17, 15) is 4.79 Å². The molecule has 0 saturated heterocycles. The summed E-state index contributed by atoms with van der Waals surface area (Å²) in [5.41, 5.74) is 3.12. The van der Waals surface area contributed by atoms with Crippen LogP contribution in [0.1, 0.15) is 12.5 Å². The van der Waals surface area contributed by atoms with Crippen molar-refractivity contribution in [2.75, 3.05) is 0 Å². The molecule has 22 heavy (non-hydrogen) atoms. The van der Waals surface area contributed by atoms with Crippen LogP contribution in [0, 0.1) is 0 Å². The number of nitrogens with zero attached hydrogens (tertiary/aromatic N) is 1. The summed E-state index contributed by atoms with van der Waals surface area (Å²) in [4.78, 5) is 11.9. The third kappa shape index (κ3) is 4.76. The van der Waals surface area contributed by atoms with Gasteiger partial charge >= 0.3 is 0 Å². The fourth-order valence-electron chi connectivity index (χ4n) is 1.63. The Bertz CT molecular complexity index is 689. The molecular weight excluding hydrogens is 323 g/mol. The Morgan fingerprint density at radius 2 is 2.00 bits per heavy atom. The Labute approximate surface area is 138 Å². The van der Waals surface area contributed by atoms with E-state index < -0.39 is 6.10 Å². The highest BCUT2D eigenvalue weighted by atomic mass is 35.5. The first-order valence-electron chi connectivity index (χ1n) is 6.56. The molecule has 2 rings (SSSR count). The summed E-state index contributed by atoms with van der Waals surface area (Å²) >= 11 is 11.8. The summed E-state index contributed by atoms with van der Waals surface area (Å²) in [6, 6.07) is 14.0. The first kappa shape index (κ1) is 16.3. The van der Waals surface area contributed by atoms with Gasteiger partial charge in [0.05, 0.1) is 6.21 Å². The first-order valence-corrected chi connectivity index (χ1v) is 7.31. The highest BCUT2D eigenvalue weighted by Crippen LogP contribution is 2.18. The maximum atomic E-state index is 11.9. The fourth-order valence-corrected chi connectivity index (χ4v) is 2.00. The maximum absolute atomic E-state index is 11.9. The maximum Gasteiger partial charge on any atom is 0.280 e. The molecule has 0 aliphatic heterocycles. The number of benzene rings is 2. The lowest BCUT2D eigenvalue weighted by Gasteiger charge is -2.12. The molecule has 0 aromatic heterocycles. The van der Waals surface area contributed by atoms with Crippen molar-refractivity contribution in [1.82, 2.24) is 5.43 Å². The molecule has 114 valence electrons. The standard InChI is InChI=1S/C16H14Cl2N2O2/c1-11(22-14-7-4-6-13(17)9-14)16(21)20-19-10-12-5-2-3-8-15(12)18/h2-11H,1H3,(H,20,21)/t11-/m1/s1. The summed E-state index contributed by atoms with van der Waals surface area (Å²) < 4.78 is 5.49. The van der Waals surface area contributed by atoms with Crippen molar-refractivity contribution in [1.29, 1.82) is 0 Å². The number of hydrogen-bond acceptors (Lipinski definition) is 3. The van der Waals surface area contributed by atoms with E-state index in [1.54, 1.807) is 43.3 Å². The minimum absolute atomic E-state index is 0.372. The number of nitrogens with one attached hydrogen (secondary N) is 1. The van der Waals surface area contributed by atoms with Crippen molar-refractivity contribution in [3.05, 3.63) is 64.1 Å². The van der Waals surface area contributed by atoms with Gasteiger partial charge in [-0.3, -0.25) is 4.79 Å². The van der Waals surface area contributed by atoms with Crippen molar-refractivity contribution in [2.24, 2.45) is 5.10 Å². The van der Waals surface area contributed by atoms with Crippen molar-refractivity contribution < 1.29 is 9.53 Å². The van der Waals surface area contributed by atoms with Gasteiger partial charge in [0.2, 0.25) is 0 Å². The zero-order valence-electron chi connectivity index (χ0n) is 11.8. The van der Waals surface area contributed by atoms with E-state index in [0.29, 0.717) is 21.4 Å². The van der Waals surface area contributed by atoms with Crippen LogP contribution in [0.15, 0.2) is 53.6 Å². The molecule has 0 heterocycles. The third-order valence-electron chi connectivity index (χ3n) is 2.76. The molecule has 0 spiro atoms. The van der Waals surface area contributed by atoms with Crippen LogP contribution in [0.4, 0.5) is 0 Å². The van der Waals surface area contributed by atoms with Crippen molar-refractivity contribution in [3.8, 4) is 5.75 Å². The van der Waals surface area contributed by atoms with Crippen LogP contribution in [0.2, 0.25) is 10.0 Å². The molecule has 0 aliphatic carbocycles. The predicted molar refractivity (Wildman–Crippen MR) is 88.7 cm³/mol. The molecule has 2 aromatic rings. The Balaban J connectivity index is 1.90. The molecule has 0 radical (unpaired) electrons. The molecule has 1 N–H and O–H groups in total. The van der Waals surface area contributed by atoms with Crippen LogP contribution in [-0.4, -0.2) is 18.2 Å². The lowest BCUT2D eigenvalue weighted by Crippen LogP contribution is -2.33. The molecular formula is C16H14Cl2N2O2. The SMILES string of the molecule is C[C@@H](Oc1cccc(Cl)c1)C(=O)NN=Cc1ccccc1Cl. The second-order valence-electron chi connectivity index (χ2n) is 4.47. The largest absolute Gasteiger partial charge is 0.481 e. The number of amides is 1. The Morgan fingerprint density at radius 3 is 2.73 bits per heavy atom. The minimum atomic E-state index is -0.707. The molecule has 0 saturated carbocycles. The van der Waals surface area contributed by atoms with E-state index in [0.717, 1.165) is 0 Å². The topological polar surface area (TPSA) is 50.7 Å². The number of hydrazone groups is 1. The van der Waals surface area contributed by atoms with Gasteiger partial charge in [0.25, 0.3) is 5.91 Å². The quantitative estimate of drug-likeness (QED) is 0.664. The summed E-state index contributed by atoms with van der Waals surface area (Å²) in [6.45, 7) is 1.63. The van der Waals surface area contributed by atoms with E-state index in [1.165, 1.54) is 6.21 Å². The zero-order chi connectivity index (χ0) is 15.9. The van der Waals surface area contributed by atoms with Gasteiger partial charge in [0, 0.05) is 15.6 Å². The highest BCUT2D eigenvalue weighted by Gasteiger charge is 2.13. The molecule has 0 aliphatic rings. The van der Waals surface area contributed by atoms with Gasteiger partial charge < -0.3 is 4.74 Å². The Hall–Kier alpha value is -2.04. The monoisotopic (exact) mass is 336 g/mol. The Morgan fingerprint density at radius 1 is 1.23 bits per heavy atom. The average molecular weight is 337 g/mol. The number of halogens is 2. The van der Waals surface area contributed by atoms with Gasteiger partial charge in [0.15, 0.2) is 6.10 Å². The number of rotatable bonds is 5. The van der Waals surface area contributed by atoms with Crippen molar-refractivity contribution in [3.63, 3.8) is 0 Å². The number of carbonyl (C=O) groups excluding carboxylic acids is 1. The number of hydrogen-bond donors (Lipinski definition) is 1. The molecule has 0 unspecified atom stereocenters. The predicted octanol–water partition coefficient (Wildman–Crippen LogP) is 3.91. The summed E-state index contributed by atoms with van der Waals surface area (Å²) in [5.74, 6) is 0.147. The third-order valence-corrected chi connectivity index (χ3v) is 3.34. The van der Waals surface area contributed by atoms with Gasteiger partial charge in [-0.25, -0.2) is 5.43 Å². The van der Waals surface area contributed by atoms with Crippen LogP contribution in [0.3, 0.4) is 0 Å². The molecule has 0 fully saturated rings. The van der Waals surface area contributed by atoms with E-state index >= 15 is 0 Å². The number of carbonyl (C=O) groups is 1. The van der Waals surface area contributed by atoms with Crippen molar-refractivity contribution in [2.45, 2.75) is 13.0 Å².